The number of halogens is 1. The summed E-state index contributed by atoms with van der Waals surface area (Å²) in [5.41, 5.74) is 5.00. The maximum atomic E-state index is 3.56. The molecule has 0 radical (unpaired) electrons. The Bertz CT molecular complexity index is 1590. The van der Waals surface area contributed by atoms with E-state index in [9.17, 15) is 0 Å². The zero-order valence-corrected chi connectivity index (χ0v) is 18.4. The Labute approximate surface area is 189 Å². The first-order chi connectivity index (χ1) is 15.2. The minimum Gasteiger partial charge on any atom is -0.0616 e. The predicted octanol–water partition coefficient (Wildman–Crippen LogP) is 9.24. The first-order valence-corrected chi connectivity index (χ1v) is 11.2. The van der Waals surface area contributed by atoms with E-state index in [4.69, 9.17) is 0 Å². The number of rotatable bonds is 2. The first kappa shape index (κ1) is 18.4. The molecule has 0 aliphatic rings. The van der Waals surface area contributed by atoms with Gasteiger partial charge in [0, 0.05) is 4.47 Å². The molecular formula is C30H19Br. The summed E-state index contributed by atoms with van der Waals surface area (Å²) in [5.74, 6) is 0. The summed E-state index contributed by atoms with van der Waals surface area (Å²) in [6.45, 7) is 0. The van der Waals surface area contributed by atoms with Crippen LogP contribution in [0.1, 0.15) is 0 Å². The Morgan fingerprint density at radius 3 is 1.19 bits per heavy atom. The normalized spacial score (nSPS) is 11.4. The van der Waals surface area contributed by atoms with Crippen molar-refractivity contribution in [1.29, 1.82) is 0 Å². The lowest BCUT2D eigenvalue weighted by molar-refractivity contribution is 1.65. The van der Waals surface area contributed by atoms with Crippen LogP contribution in [0.25, 0.3) is 54.6 Å². The van der Waals surface area contributed by atoms with E-state index in [-0.39, 0.29) is 0 Å². The van der Waals surface area contributed by atoms with E-state index in [1.807, 2.05) is 0 Å². The molecule has 0 fully saturated rings. The average molecular weight is 459 g/mol. The predicted molar refractivity (Wildman–Crippen MR) is 138 cm³/mol. The summed E-state index contributed by atoms with van der Waals surface area (Å²) in [6.07, 6.45) is 0. The van der Waals surface area contributed by atoms with Crippen molar-refractivity contribution in [2.45, 2.75) is 0 Å². The molecule has 0 saturated heterocycles. The zero-order valence-electron chi connectivity index (χ0n) is 16.8. The lowest BCUT2D eigenvalue weighted by Gasteiger charge is -2.09. The molecule has 0 N–H and O–H groups in total. The van der Waals surface area contributed by atoms with Gasteiger partial charge in [-0.25, -0.2) is 0 Å². The molecule has 0 nitrogen and oxygen atoms in total. The van der Waals surface area contributed by atoms with Gasteiger partial charge in [-0.2, -0.15) is 0 Å². The molecule has 6 aromatic carbocycles. The van der Waals surface area contributed by atoms with Crippen LogP contribution in [0.5, 0.6) is 0 Å². The summed E-state index contributed by atoms with van der Waals surface area (Å²) in [5, 5.41) is 7.58. The molecule has 146 valence electrons. The molecule has 0 aliphatic carbocycles. The molecule has 1 heteroatoms. The molecule has 0 bridgehead atoms. The summed E-state index contributed by atoms with van der Waals surface area (Å²) in [7, 11) is 0. The van der Waals surface area contributed by atoms with Gasteiger partial charge in [0.05, 0.1) is 0 Å². The molecular weight excluding hydrogens is 440 g/mol. The van der Waals surface area contributed by atoms with Gasteiger partial charge in [-0.05, 0) is 91.0 Å². The summed E-state index contributed by atoms with van der Waals surface area (Å²) < 4.78 is 1.11. The summed E-state index contributed by atoms with van der Waals surface area (Å²) >= 11 is 3.56. The smallest absolute Gasteiger partial charge is 0.0181 e. The average Bonchev–Trinajstić information content (AvgIpc) is 2.82. The fourth-order valence-electron chi connectivity index (χ4n) is 4.37. The zero-order chi connectivity index (χ0) is 20.8. The van der Waals surface area contributed by atoms with Gasteiger partial charge in [-0.15, -0.1) is 0 Å². The van der Waals surface area contributed by atoms with Crippen LogP contribution in [0.4, 0.5) is 0 Å². The number of hydrogen-bond acceptors (Lipinski definition) is 0. The van der Waals surface area contributed by atoms with Crippen molar-refractivity contribution in [2.24, 2.45) is 0 Å². The third kappa shape index (κ3) is 3.41. The van der Waals surface area contributed by atoms with Gasteiger partial charge >= 0.3 is 0 Å². The van der Waals surface area contributed by atoms with Gasteiger partial charge in [0.15, 0.2) is 0 Å². The number of benzene rings is 6. The van der Waals surface area contributed by atoms with Crippen LogP contribution in [0.3, 0.4) is 0 Å². The van der Waals surface area contributed by atoms with E-state index in [1.165, 1.54) is 54.6 Å². The Morgan fingerprint density at radius 2 is 0.677 bits per heavy atom. The Kier molecular flexibility index (Phi) is 4.36. The van der Waals surface area contributed by atoms with Crippen LogP contribution in [-0.2, 0) is 0 Å². The third-order valence-corrected chi connectivity index (χ3v) is 6.55. The monoisotopic (exact) mass is 458 g/mol. The Hall–Kier alpha value is -3.42. The van der Waals surface area contributed by atoms with Crippen LogP contribution >= 0.6 is 15.9 Å². The second-order valence-corrected chi connectivity index (χ2v) is 8.96. The molecule has 6 rings (SSSR count). The van der Waals surface area contributed by atoms with Crippen molar-refractivity contribution >= 4 is 48.2 Å². The van der Waals surface area contributed by atoms with E-state index in [0.29, 0.717) is 0 Å². The van der Waals surface area contributed by atoms with Crippen LogP contribution in [0.15, 0.2) is 120 Å². The molecule has 0 aromatic heterocycles. The molecule has 0 unspecified atom stereocenters. The van der Waals surface area contributed by atoms with Gasteiger partial charge in [0.25, 0.3) is 0 Å². The van der Waals surface area contributed by atoms with E-state index in [1.54, 1.807) is 0 Å². The lowest BCUT2D eigenvalue weighted by atomic mass is 9.96. The van der Waals surface area contributed by atoms with Crippen molar-refractivity contribution in [1.82, 2.24) is 0 Å². The first-order valence-electron chi connectivity index (χ1n) is 10.5. The maximum Gasteiger partial charge on any atom is 0.0181 e. The standard InChI is InChI=1S/C30H19Br/c31-30-14-13-28-18-27(11-12-29(28)19-30)26-10-9-24-16-23(7-8-25(24)17-26)22-6-5-20-3-1-2-4-21(20)15-22/h1-19H. The van der Waals surface area contributed by atoms with Gasteiger partial charge in [0.1, 0.15) is 0 Å². The van der Waals surface area contributed by atoms with Crippen LogP contribution in [0, 0.1) is 0 Å². The van der Waals surface area contributed by atoms with Crippen molar-refractivity contribution in [3.05, 3.63) is 120 Å². The second kappa shape index (κ2) is 7.37. The van der Waals surface area contributed by atoms with E-state index < -0.39 is 0 Å². The van der Waals surface area contributed by atoms with Crippen LogP contribution in [-0.4, -0.2) is 0 Å². The fraction of sp³-hybridized carbons (Fsp3) is 0. The molecule has 0 aliphatic heterocycles. The third-order valence-electron chi connectivity index (χ3n) is 6.06. The van der Waals surface area contributed by atoms with Crippen molar-refractivity contribution in [2.75, 3.05) is 0 Å². The van der Waals surface area contributed by atoms with Gasteiger partial charge in [-0.3, -0.25) is 0 Å². The largest absolute Gasteiger partial charge is 0.0616 e. The van der Waals surface area contributed by atoms with Crippen LogP contribution in [0.2, 0.25) is 0 Å². The highest BCUT2D eigenvalue weighted by Gasteiger charge is 2.05. The second-order valence-electron chi connectivity index (χ2n) is 8.04. The molecule has 0 saturated carbocycles. The topological polar surface area (TPSA) is 0 Å². The van der Waals surface area contributed by atoms with Gasteiger partial charge in [0.2, 0.25) is 0 Å². The minimum atomic E-state index is 1.11. The van der Waals surface area contributed by atoms with E-state index >= 15 is 0 Å². The molecule has 0 atom stereocenters. The number of fused-ring (bicyclic) bond motifs is 3. The van der Waals surface area contributed by atoms with Crippen molar-refractivity contribution in [3.8, 4) is 22.3 Å². The highest BCUT2D eigenvalue weighted by atomic mass is 79.9. The SMILES string of the molecule is Brc1ccc2cc(-c3ccc4cc(-c5ccc6ccccc6c5)ccc4c3)ccc2c1. The quantitative estimate of drug-likeness (QED) is 0.242. The van der Waals surface area contributed by atoms with Gasteiger partial charge < -0.3 is 0 Å². The molecule has 0 amide bonds. The van der Waals surface area contributed by atoms with Crippen molar-refractivity contribution < 1.29 is 0 Å². The summed E-state index contributed by atoms with van der Waals surface area (Å²) in [6, 6.07) is 41.8. The molecule has 0 spiro atoms. The lowest BCUT2D eigenvalue weighted by Crippen LogP contribution is -1.83. The maximum absolute atomic E-state index is 3.56. The summed E-state index contributed by atoms with van der Waals surface area (Å²) in [4.78, 5) is 0. The molecule has 31 heavy (non-hydrogen) atoms. The molecule has 0 heterocycles. The van der Waals surface area contributed by atoms with Crippen molar-refractivity contribution in [3.63, 3.8) is 0 Å². The minimum absolute atomic E-state index is 1.11. The Balaban J connectivity index is 1.40. The highest BCUT2D eigenvalue weighted by Crippen LogP contribution is 2.31. The Morgan fingerprint density at radius 1 is 0.323 bits per heavy atom. The molecule has 6 aromatic rings. The van der Waals surface area contributed by atoms with Crippen LogP contribution < -0.4 is 0 Å². The van der Waals surface area contributed by atoms with E-state index in [0.717, 1.165) is 4.47 Å². The van der Waals surface area contributed by atoms with E-state index in [2.05, 4.69) is 131 Å². The fourth-order valence-corrected chi connectivity index (χ4v) is 4.75. The highest BCUT2D eigenvalue weighted by molar-refractivity contribution is 9.10. The van der Waals surface area contributed by atoms with Gasteiger partial charge in [-0.1, -0.05) is 94.8 Å². The number of hydrogen-bond donors (Lipinski definition) is 0.